The van der Waals surface area contributed by atoms with Crippen LogP contribution >= 0.6 is 0 Å². The number of alkyl halides is 1. The molecule has 0 bridgehead atoms. The van der Waals surface area contributed by atoms with Gasteiger partial charge in [-0.05, 0) is 50.3 Å². The van der Waals surface area contributed by atoms with E-state index in [1.54, 1.807) is 6.92 Å². The monoisotopic (exact) mass is 354 g/mol. The van der Waals surface area contributed by atoms with Gasteiger partial charge >= 0.3 is 0 Å². The van der Waals surface area contributed by atoms with E-state index in [1.807, 2.05) is 42.5 Å². The number of allylic oxidation sites excluding steroid dienone is 1. The lowest BCUT2D eigenvalue weighted by atomic mass is 9.69. The second-order valence-electron chi connectivity index (χ2n) is 7.22. The lowest BCUT2D eigenvalue weighted by molar-refractivity contribution is -0.145. The zero-order chi connectivity index (χ0) is 19.2. The average Bonchev–Trinajstić information content (AvgIpc) is 2.66. The zero-order valence-electron chi connectivity index (χ0n) is 15.7. The Morgan fingerprint density at radius 1 is 1.04 bits per heavy atom. The molecule has 0 amide bonds. The van der Waals surface area contributed by atoms with E-state index in [9.17, 15) is 14.3 Å². The minimum absolute atomic E-state index is 0.194. The van der Waals surface area contributed by atoms with Gasteiger partial charge in [-0.1, -0.05) is 66.7 Å². The quantitative estimate of drug-likeness (QED) is 0.683. The molecule has 2 atom stereocenters. The smallest absolute Gasteiger partial charge is 0.138 e. The number of hydrogen-bond acceptors (Lipinski definition) is 2. The van der Waals surface area contributed by atoms with Crippen molar-refractivity contribution in [1.29, 1.82) is 0 Å². The van der Waals surface area contributed by atoms with Crippen LogP contribution in [-0.2, 0) is 4.79 Å². The summed E-state index contributed by atoms with van der Waals surface area (Å²) in [5.41, 5.74) is 0.652. The molecule has 0 aromatic heterocycles. The molecule has 138 valence electrons. The highest BCUT2D eigenvalue weighted by molar-refractivity contribution is 5.83. The Morgan fingerprint density at radius 3 is 2.15 bits per heavy atom. The van der Waals surface area contributed by atoms with Crippen molar-refractivity contribution >= 4 is 11.9 Å². The molecule has 3 heteroatoms. The van der Waals surface area contributed by atoms with Gasteiger partial charge in [0.05, 0.1) is 5.41 Å². The standard InChI is InChI=1S/C23H27FO2/c1-18(25)22(2,23(3,26)17-24)16-8-7-9-19-12-14-21(15-13-19)20-10-5-4-6-11-20/h4-7,9-15,26H,8,16-17H2,1-3H3/b9-7+/t22-,23-/m1/s1. The molecule has 0 aliphatic rings. The molecule has 0 radical (unpaired) electrons. The zero-order valence-corrected chi connectivity index (χ0v) is 15.7. The van der Waals surface area contributed by atoms with Gasteiger partial charge in [0, 0.05) is 0 Å². The summed E-state index contributed by atoms with van der Waals surface area (Å²) in [6.07, 6.45) is 4.94. The van der Waals surface area contributed by atoms with Gasteiger partial charge in [-0.3, -0.25) is 4.79 Å². The van der Waals surface area contributed by atoms with Crippen molar-refractivity contribution in [2.75, 3.05) is 6.67 Å². The molecule has 0 aliphatic carbocycles. The lowest BCUT2D eigenvalue weighted by Crippen LogP contribution is -2.50. The van der Waals surface area contributed by atoms with Gasteiger partial charge < -0.3 is 5.11 Å². The van der Waals surface area contributed by atoms with Crippen LogP contribution in [0, 0.1) is 5.41 Å². The fourth-order valence-electron chi connectivity index (χ4n) is 2.98. The largest absolute Gasteiger partial charge is 0.386 e. The number of aliphatic hydroxyl groups is 1. The molecule has 0 saturated heterocycles. The number of rotatable bonds is 8. The summed E-state index contributed by atoms with van der Waals surface area (Å²) in [4.78, 5) is 12.0. The van der Waals surface area contributed by atoms with Gasteiger partial charge in [0.2, 0.25) is 0 Å². The van der Waals surface area contributed by atoms with Crippen LogP contribution in [0.15, 0.2) is 60.7 Å². The van der Waals surface area contributed by atoms with E-state index >= 15 is 0 Å². The first-order chi connectivity index (χ1) is 12.3. The van der Waals surface area contributed by atoms with Gasteiger partial charge in [0.1, 0.15) is 18.1 Å². The van der Waals surface area contributed by atoms with Crippen LogP contribution in [-0.4, -0.2) is 23.2 Å². The molecule has 0 unspecified atom stereocenters. The lowest BCUT2D eigenvalue weighted by Gasteiger charge is -2.39. The Hall–Kier alpha value is -2.26. The van der Waals surface area contributed by atoms with Crippen molar-refractivity contribution in [1.82, 2.24) is 0 Å². The molecule has 2 aromatic carbocycles. The van der Waals surface area contributed by atoms with E-state index in [0.29, 0.717) is 12.8 Å². The molecule has 2 rings (SSSR count). The van der Waals surface area contributed by atoms with Crippen LogP contribution in [0.1, 0.15) is 39.2 Å². The topological polar surface area (TPSA) is 37.3 Å². The summed E-state index contributed by atoms with van der Waals surface area (Å²) in [6, 6.07) is 18.4. The summed E-state index contributed by atoms with van der Waals surface area (Å²) in [6.45, 7) is 3.50. The van der Waals surface area contributed by atoms with E-state index in [1.165, 1.54) is 19.4 Å². The average molecular weight is 354 g/mol. The molecule has 26 heavy (non-hydrogen) atoms. The van der Waals surface area contributed by atoms with Crippen molar-refractivity contribution in [3.8, 4) is 11.1 Å². The number of hydrogen-bond donors (Lipinski definition) is 1. The minimum atomic E-state index is -1.65. The first kappa shape index (κ1) is 20.1. The van der Waals surface area contributed by atoms with Crippen LogP contribution in [0.2, 0.25) is 0 Å². The molecule has 0 fully saturated rings. The summed E-state index contributed by atoms with van der Waals surface area (Å²) in [5.74, 6) is -0.194. The van der Waals surface area contributed by atoms with Crippen LogP contribution in [0.3, 0.4) is 0 Å². The molecule has 0 heterocycles. The predicted molar refractivity (Wildman–Crippen MR) is 106 cm³/mol. The molecule has 0 aliphatic heterocycles. The number of carbonyl (C=O) groups excluding carboxylic acids is 1. The molecule has 0 spiro atoms. The van der Waals surface area contributed by atoms with Crippen molar-refractivity contribution in [3.05, 3.63) is 66.2 Å². The summed E-state index contributed by atoms with van der Waals surface area (Å²) in [7, 11) is 0. The fourth-order valence-corrected chi connectivity index (χ4v) is 2.98. The van der Waals surface area contributed by atoms with Crippen LogP contribution < -0.4 is 0 Å². The minimum Gasteiger partial charge on any atom is -0.386 e. The van der Waals surface area contributed by atoms with E-state index < -0.39 is 17.7 Å². The highest BCUT2D eigenvalue weighted by atomic mass is 19.1. The molecular formula is C23H27FO2. The Morgan fingerprint density at radius 2 is 1.62 bits per heavy atom. The van der Waals surface area contributed by atoms with E-state index in [2.05, 4.69) is 24.3 Å². The van der Waals surface area contributed by atoms with Gasteiger partial charge in [-0.2, -0.15) is 0 Å². The second-order valence-corrected chi connectivity index (χ2v) is 7.22. The van der Waals surface area contributed by atoms with E-state index in [0.717, 1.165) is 11.1 Å². The Balaban J connectivity index is 2.01. The maximum atomic E-state index is 13.2. The van der Waals surface area contributed by atoms with Crippen molar-refractivity contribution < 1.29 is 14.3 Å². The third kappa shape index (κ3) is 4.47. The first-order valence-electron chi connectivity index (χ1n) is 8.91. The second kappa shape index (κ2) is 8.41. The van der Waals surface area contributed by atoms with E-state index in [-0.39, 0.29) is 5.78 Å². The molecule has 0 saturated carbocycles. The highest BCUT2D eigenvalue weighted by Crippen LogP contribution is 2.37. The van der Waals surface area contributed by atoms with Crippen molar-refractivity contribution in [2.24, 2.45) is 5.41 Å². The maximum Gasteiger partial charge on any atom is 0.138 e. The maximum absolute atomic E-state index is 13.2. The van der Waals surface area contributed by atoms with Gasteiger partial charge in [-0.15, -0.1) is 0 Å². The van der Waals surface area contributed by atoms with Gasteiger partial charge in [-0.25, -0.2) is 4.39 Å². The van der Waals surface area contributed by atoms with Crippen LogP contribution in [0.25, 0.3) is 17.2 Å². The Bertz CT molecular complexity index is 748. The Kier molecular flexibility index (Phi) is 6.49. The number of carbonyl (C=O) groups is 1. The molecule has 2 nitrogen and oxygen atoms in total. The van der Waals surface area contributed by atoms with Gasteiger partial charge in [0.15, 0.2) is 0 Å². The summed E-state index contributed by atoms with van der Waals surface area (Å²) in [5, 5.41) is 10.2. The molecular weight excluding hydrogens is 327 g/mol. The third-order valence-corrected chi connectivity index (χ3v) is 5.37. The van der Waals surface area contributed by atoms with Crippen LogP contribution in [0.4, 0.5) is 4.39 Å². The first-order valence-corrected chi connectivity index (χ1v) is 8.91. The SMILES string of the molecule is CC(=O)[C@@](C)(CC/C=C/c1ccc(-c2ccccc2)cc1)[C@](C)(O)CF. The normalized spacial score (nSPS) is 16.2. The molecule has 2 aromatic rings. The number of benzene rings is 2. The predicted octanol–water partition coefficient (Wildman–Crippen LogP) is 5.46. The van der Waals surface area contributed by atoms with Crippen molar-refractivity contribution in [2.45, 2.75) is 39.2 Å². The fraction of sp³-hybridized carbons (Fsp3) is 0.348. The third-order valence-electron chi connectivity index (χ3n) is 5.37. The number of ketones is 1. The summed E-state index contributed by atoms with van der Waals surface area (Å²) < 4.78 is 13.2. The Labute approximate surface area is 155 Å². The number of halogens is 1. The van der Waals surface area contributed by atoms with E-state index in [4.69, 9.17) is 0 Å². The van der Waals surface area contributed by atoms with Crippen molar-refractivity contribution in [3.63, 3.8) is 0 Å². The highest BCUT2D eigenvalue weighted by Gasteiger charge is 2.46. The number of Topliss-reactive ketones (excluding diaryl/α,β-unsaturated/α-hetero) is 1. The molecule has 1 N–H and O–H groups in total. The summed E-state index contributed by atoms with van der Waals surface area (Å²) >= 11 is 0. The van der Waals surface area contributed by atoms with Crippen LogP contribution in [0.5, 0.6) is 0 Å². The van der Waals surface area contributed by atoms with Gasteiger partial charge in [0.25, 0.3) is 0 Å².